The second kappa shape index (κ2) is 6.50. The Hall–Kier alpha value is -3.21. The zero-order valence-electron chi connectivity index (χ0n) is 12.8. The van der Waals surface area contributed by atoms with Crippen LogP contribution in [0.15, 0.2) is 60.8 Å². The third-order valence-electron chi connectivity index (χ3n) is 3.89. The first-order valence-electron chi connectivity index (χ1n) is 7.52. The first-order chi connectivity index (χ1) is 11.6. The molecule has 1 N–H and O–H groups in total. The van der Waals surface area contributed by atoms with Crippen molar-refractivity contribution in [3.63, 3.8) is 0 Å². The van der Waals surface area contributed by atoms with Gasteiger partial charge < -0.3 is 5.11 Å². The van der Waals surface area contributed by atoms with Gasteiger partial charge in [-0.25, -0.2) is 4.79 Å². The van der Waals surface area contributed by atoms with Crippen molar-refractivity contribution in [3.05, 3.63) is 71.9 Å². The number of hydrogen-bond acceptors (Lipinski definition) is 3. The summed E-state index contributed by atoms with van der Waals surface area (Å²) in [7, 11) is 0. The van der Waals surface area contributed by atoms with Gasteiger partial charge in [0.15, 0.2) is 11.6 Å². The summed E-state index contributed by atoms with van der Waals surface area (Å²) in [6.45, 7) is 0. The standard InChI is InChI=1S/C19H15NO4/c21-17(13-4-2-1-3-5-13)8-9-18(22)15-6-7-16-14(12-15)10-11-20(16)19(23)24/h1-7,10-12H,8-9H2,(H,23,24). The maximum absolute atomic E-state index is 12.3. The number of aromatic nitrogens is 1. The average molecular weight is 321 g/mol. The Bertz CT molecular complexity index is 925. The molecule has 3 rings (SSSR count). The number of nitrogens with zero attached hydrogens (tertiary/aromatic N) is 1. The van der Waals surface area contributed by atoms with Crippen molar-refractivity contribution >= 4 is 28.6 Å². The lowest BCUT2D eigenvalue weighted by Crippen LogP contribution is -2.07. The first-order valence-corrected chi connectivity index (χ1v) is 7.52. The van der Waals surface area contributed by atoms with Crippen molar-refractivity contribution in [2.45, 2.75) is 12.8 Å². The van der Waals surface area contributed by atoms with Gasteiger partial charge in [-0.3, -0.25) is 14.2 Å². The van der Waals surface area contributed by atoms with Crippen LogP contribution in [0, 0.1) is 0 Å². The molecule has 0 atom stereocenters. The average Bonchev–Trinajstić information content (AvgIpc) is 3.03. The minimum absolute atomic E-state index is 0.0675. The van der Waals surface area contributed by atoms with E-state index in [1.54, 1.807) is 48.5 Å². The van der Waals surface area contributed by atoms with Gasteiger partial charge in [-0.05, 0) is 24.3 Å². The van der Waals surface area contributed by atoms with Crippen LogP contribution in [-0.4, -0.2) is 27.3 Å². The van der Waals surface area contributed by atoms with E-state index in [2.05, 4.69) is 0 Å². The summed E-state index contributed by atoms with van der Waals surface area (Å²) in [6, 6.07) is 15.4. The summed E-state index contributed by atoms with van der Waals surface area (Å²) in [4.78, 5) is 35.4. The number of carbonyl (C=O) groups is 3. The number of Topliss-reactive ketones (excluding diaryl/α,β-unsaturated/α-hetero) is 2. The molecule has 0 spiro atoms. The fourth-order valence-corrected chi connectivity index (χ4v) is 2.62. The monoisotopic (exact) mass is 321 g/mol. The highest BCUT2D eigenvalue weighted by Gasteiger charge is 2.13. The van der Waals surface area contributed by atoms with E-state index in [0.29, 0.717) is 22.0 Å². The number of fused-ring (bicyclic) bond motifs is 1. The SMILES string of the molecule is O=C(CCC(=O)c1ccc2c(ccn2C(=O)O)c1)c1ccccc1. The van der Waals surface area contributed by atoms with E-state index in [-0.39, 0.29) is 24.4 Å². The molecular weight excluding hydrogens is 306 g/mol. The van der Waals surface area contributed by atoms with Crippen molar-refractivity contribution in [1.82, 2.24) is 4.57 Å². The Labute approximate surface area is 138 Å². The lowest BCUT2D eigenvalue weighted by atomic mass is 10.0. The second-order valence-electron chi connectivity index (χ2n) is 5.45. The van der Waals surface area contributed by atoms with Crippen LogP contribution in [0.3, 0.4) is 0 Å². The lowest BCUT2D eigenvalue weighted by molar-refractivity contribution is 0.0917. The Balaban J connectivity index is 1.72. The normalized spacial score (nSPS) is 10.7. The van der Waals surface area contributed by atoms with Gasteiger partial charge in [-0.15, -0.1) is 0 Å². The Kier molecular flexibility index (Phi) is 4.24. The molecule has 0 aliphatic rings. The molecule has 0 saturated heterocycles. The first kappa shape index (κ1) is 15.7. The van der Waals surface area contributed by atoms with E-state index >= 15 is 0 Å². The zero-order chi connectivity index (χ0) is 17.1. The maximum Gasteiger partial charge on any atom is 0.415 e. The number of ketones is 2. The summed E-state index contributed by atoms with van der Waals surface area (Å²) in [5.41, 5.74) is 1.60. The molecule has 1 aromatic heterocycles. The molecule has 0 bridgehead atoms. The van der Waals surface area contributed by atoms with Crippen LogP contribution in [0.25, 0.3) is 10.9 Å². The van der Waals surface area contributed by atoms with Crippen LogP contribution in [0.2, 0.25) is 0 Å². The van der Waals surface area contributed by atoms with Gasteiger partial charge in [0.25, 0.3) is 0 Å². The second-order valence-corrected chi connectivity index (χ2v) is 5.45. The van der Waals surface area contributed by atoms with Crippen LogP contribution < -0.4 is 0 Å². The molecule has 0 aliphatic heterocycles. The van der Waals surface area contributed by atoms with Gasteiger partial charge in [-0.1, -0.05) is 30.3 Å². The fraction of sp³-hybridized carbons (Fsp3) is 0.105. The van der Waals surface area contributed by atoms with E-state index in [4.69, 9.17) is 5.11 Å². The summed E-state index contributed by atoms with van der Waals surface area (Å²) in [5, 5.41) is 9.74. The summed E-state index contributed by atoms with van der Waals surface area (Å²) < 4.78 is 1.10. The predicted octanol–water partition coefficient (Wildman–Crippen LogP) is 4.01. The highest BCUT2D eigenvalue weighted by atomic mass is 16.4. The highest BCUT2D eigenvalue weighted by Crippen LogP contribution is 2.19. The third kappa shape index (κ3) is 3.10. The van der Waals surface area contributed by atoms with Gasteiger partial charge in [0.1, 0.15) is 0 Å². The number of rotatable bonds is 5. The molecule has 2 aromatic carbocycles. The molecule has 1 heterocycles. The van der Waals surface area contributed by atoms with Gasteiger partial charge in [0.05, 0.1) is 5.52 Å². The summed E-state index contributed by atoms with van der Waals surface area (Å²) >= 11 is 0. The molecule has 0 radical (unpaired) electrons. The molecule has 0 fully saturated rings. The molecule has 120 valence electrons. The molecule has 0 unspecified atom stereocenters. The molecule has 5 nitrogen and oxygen atoms in total. The molecule has 0 amide bonds. The predicted molar refractivity (Wildman–Crippen MR) is 89.7 cm³/mol. The Morgan fingerprint density at radius 3 is 2.17 bits per heavy atom. The van der Waals surface area contributed by atoms with Crippen molar-refractivity contribution in [3.8, 4) is 0 Å². The molecule has 24 heavy (non-hydrogen) atoms. The topological polar surface area (TPSA) is 76.4 Å². The van der Waals surface area contributed by atoms with Gasteiger partial charge in [0, 0.05) is 35.6 Å². The quantitative estimate of drug-likeness (QED) is 0.720. The number of carbonyl (C=O) groups excluding carboxylic acids is 2. The molecule has 5 heteroatoms. The van der Waals surface area contributed by atoms with E-state index < -0.39 is 6.09 Å². The van der Waals surface area contributed by atoms with Gasteiger partial charge in [0.2, 0.25) is 0 Å². The van der Waals surface area contributed by atoms with Crippen LogP contribution in [0.1, 0.15) is 33.6 Å². The third-order valence-corrected chi connectivity index (χ3v) is 3.89. The summed E-state index contributed by atoms with van der Waals surface area (Å²) in [6.07, 6.45) is 0.647. The van der Waals surface area contributed by atoms with Crippen LogP contribution >= 0.6 is 0 Å². The molecular formula is C19H15NO4. The van der Waals surface area contributed by atoms with E-state index in [0.717, 1.165) is 4.57 Å². The fourth-order valence-electron chi connectivity index (χ4n) is 2.62. The van der Waals surface area contributed by atoms with Crippen molar-refractivity contribution < 1.29 is 19.5 Å². The maximum atomic E-state index is 12.3. The molecule has 3 aromatic rings. The highest BCUT2D eigenvalue weighted by molar-refractivity contribution is 6.04. The van der Waals surface area contributed by atoms with Crippen molar-refractivity contribution in [2.75, 3.05) is 0 Å². The zero-order valence-corrected chi connectivity index (χ0v) is 12.8. The number of benzene rings is 2. The van der Waals surface area contributed by atoms with E-state index in [9.17, 15) is 14.4 Å². The molecule has 0 saturated carbocycles. The summed E-state index contributed by atoms with van der Waals surface area (Å²) in [5.74, 6) is -0.202. The number of hydrogen-bond donors (Lipinski definition) is 1. The largest absolute Gasteiger partial charge is 0.464 e. The molecule has 0 aliphatic carbocycles. The minimum Gasteiger partial charge on any atom is -0.464 e. The van der Waals surface area contributed by atoms with E-state index in [1.807, 2.05) is 6.07 Å². The van der Waals surface area contributed by atoms with Crippen molar-refractivity contribution in [2.24, 2.45) is 0 Å². The van der Waals surface area contributed by atoms with Gasteiger partial charge in [-0.2, -0.15) is 0 Å². The number of carboxylic acid groups (broad SMARTS) is 1. The smallest absolute Gasteiger partial charge is 0.415 e. The van der Waals surface area contributed by atoms with Crippen LogP contribution in [0.5, 0.6) is 0 Å². The van der Waals surface area contributed by atoms with Crippen LogP contribution in [-0.2, 0) is 0 Å². The Morgan fingerprint density at radius 1 is 0.833 bits per heavy atom. The van der Waals surface area contributed by atoms with Crippen molar-refractivity contribution in [1.29, 1.82) is 0 Å². The lowest BCUT2D eigenvalue weighted by Gasteiger charge is -2.03. The van der Waals surface area contributed by atoms with E-state index in [1.165, 1.54) is 6.20 Å². The Morgan fingerprint density at radius 2 is 1.50 bits per heavy atom. The minimum atomic E-state index is -1.07. The van der Waals surface area contributed by atoms with Gasteiger partial charge >= 0.3 is 6.09 Å². The van der Waals surface area contributed by atoms with Crippen LogP contribution in [0.4, 0.5) is 4.79 Å².